The van der Waals surface area contributed by atoms with Crippen molar-refractivity contribution in [2.75, 3.05) is 19.7 Å². The van der Waals surface area contributed by atoms with Gasteiger partial charge in [0.15, 0.2) is 0 Å². The number of likely N-dealkylation sites (tertiary alicyclic amines) is 1. The van der Waals surface area contributed by atoms with Crippen LogP contribution < -0.4 is 0 Å². The van der Waals surface area contributed by atoms with Crippen LogP contribution >= 0.6 is 0 Å². The maximum atomic E-state index is 12.3. The Bertz CT molecular complexity index is 859. The van der Waals surface area contributed by atoms with E-state index in [2.05, 4.69) is 18.7 Å². The first-order valence-corrected chi connectivity index (χ1v) is 13.4. The zero-order valence-electron chi connectivity index (χ0n) is 20.2. The van der Waals surface area contributed by atoms with Gasteiger partial charge >= 0.3 is 5.97 Å². The van der Waals surface area contributed by atoms with E-state index >= 15 is 0 Å². The van der Waals surface area contributed by atoms with Gasteiger partial charge in [0.1, 0.15) is 6.61 Å². The molecule has 3 N–H and O–H groups in total. The van der Waals surface area contributed by atoms with Crippen molar-refractivity contribution in [2.24, 2.45) is 34.5 Å². The number of carbonyl (C=O) groups excluding carboxylic acids is 1. The van der Waals surface area contributed by atoms with E-state index in [-0.39, 0.29) is 29.3 Å². The average molecular weight is 460 g/mol. The quantitative estimate of drug-likeness (QED) is 0.550. The summed E-state index contributed by atoms with van der Waals surface area (Å²) in [5, 5.41) is 34.0. The molecule has 6 heteroatoms. The van der Waals surface area contributed by atoms with E-state index in [1.807, 2.05) is 0 Å². The second kappa shape index (κ2) is 7.52. The first kappa shape index (κ1) is 22.5. The molecule has 2 heterocycles. The lowest BCUT2D eigenvalue weighted by Gasteiger charge is -2.65. The Morgan fingerprint density at radius 3 is 2.55 bits per heavy atom. The van der Waals surface area contributed by atoms with Gasteiger partial charge < -0.3 is 20.1 Å². The SMILES string of the molecule is CC12CCC(N3CC[C@H](O)C3)CC1CCC1C2CC(O)C2(C)C(C3=CC(=O)OC3)CCC12O. The highest BCUT2D eigenvalue weighted by atomic mass is 16.5. The molecule has 10 atom stereocenters. The molecule has 4 aliphatic carbocycles. The van der Waals surface area contributed by atoms with E-state index in [4.69, 9.17) is 4.74 Å². The van der Waals surface area contributed by atoms with E-state index in [1.54, 1.807) is 6.08 Å². The van der Waals surface area contributed by atoms with Crippen LogP contribution in [0.15, 0.2) is 11.6 Å². The van der Waals surface area contributed by atoms with E-state index in [1.165, 1.54) is 6.42 Å². The van der Waals surface area contributed by atoms with Crippen molar-refractivity contribution < 1.29 is 24.9 Å². The zero-order valence-corrected chi connectivity index (χ0v) is 20.2. The second-order valence-electron chi connectivity index (χ2n) is 12.7. The molecule has 9 unspecified atom stereocenters. The summed E-state index contributed by atoms with van der Waals surface area (Å²) in [4.78, 5) is 14.3. The van der Waals surface area contributed by atoms with Crippen LogP contribution in [-0.2, 0) is 9.53 Å². The molecular weight excluding hydrogens is 418 g/mol. The van der Waals surface area contributed by atoms with Crippen LogP contribution in [0.2, 0.25) is 0 Å². The van der Waals surface area contributed by atoms with Crippen LogP contribution in [0, 0.1) is 34.5 Å². The van der Waals surface area contributed by atoms with E-state index in [0.29, 0.717) is 30.9 Å². The van der Waals surface area contributed by atoms with Gasteiger partial charge in [0, 0.05) is 30.6 Å². The highest BCUT2D eigenvalue weighted by Crippen LogP contribution is 2.70. The first-order chi connectivity index (χ1) is 15.7. The molecule has 4 saturated carbocycles. The maximum Gasteiger partial charge on any atom is 0.331 e. The Kier molecular flexibility index (Phi) is 5.13. The molecule has 1 saturated heterocycles. The Hall–Kier alpha value is -0.950. The molecule has 0 radical (unpaired) electrons. The van der Waals surface area contributed by atoms with Crippen molar-refractivity contribution in [3.8, 4) is 0 Å². The summed E-state index contributed by atoms with van der Waals surface area (Å²) in [6.07, 6.45) is 9.70. The smallest absolute Gasteiger partial charge is 0.331 e. The van der Waals surface area contributed by atoms with Gasteiger partial charge in [-0.2, -0.15) is 0 Å². The Morgan fingerprint density at radius 2 is 1.85 bits per heavy atom. The molecule has 0 bridgehead atoms. The van der Waals surface area contributed by atoms with Gasteiger partial charge in [0.2, 0.25) is 0 Å². The number of ether oxygens (including phenoxy) is 1. The van der Waals surface area contributed by atoms with Gasteiger partial charge in [0.25, 0.3) is 0 Å². The van der Waals surface area contributed by atoms with Crippen molar-refractivity contribution in [3.05, 3.63) is 11.6 Å². The van der Waals surface area contributed by atoms with Gasteiger partial charge in [-0.1, -0.05) is 13.8 Å². The number of fused-ring (bicyclic) bond motifs is 5. The van der Waals surface area contributed by atoms with Crippen molar-refractivity contribution in [1.82, 2.24) is 4.90 Å². The van der Waals surface area contributed by atoms with Gasteiger partial charge in [-0.3, -0.25) is 4.90 Å². The standard InChI is InChI=1S/C27H41NO5/c1-25-8-5-18(28-10-7-19(29)14-28)12-17(25)3-4-21-22(25)13-23(30)26(2)20(6-9-27(21,26)32)16-11-24(31)33-15-16/h11,17-23,29-30,32H,3-10,12-15H2,1-2H3/t17?,18?,19-,20?,21?,22?,23?,25?,26?,27?/m0/s1. The summed E-state index contributed by atoms with van der Waals surface area (Å²) in [6.45, 7) is 6.67. The summed E-state index contributed by atoms with van der Waals surface area (Å²) in [6, 6.07) is 0.571. The number of hydrogen-bond acceptors (Lipinski definition) is 6. The number of nitrogens with zero attached hydrogens (tertiary/aromatic N) is 1. The molecule has 184 valence electrons. The molecule has 0 spiro atoms. The molecule has 0 aromatic heterocycles. The van der Waals surface area contributed by atoms with Crippen molar-refractivity contribution in [3.63, 3.8) is 0 Å². The Labute approximate surface area is 197 Å². The molecule has 0 aromatic carbocycles. The van der Waals surface area contributed by atoms with Gasteiger partial charge in [-0.05, 0) is 92.4 Å². The minimum Gasteiger partial charge on any atom is -0.458 e. The van der Waals surface area contributed by atoms with Crippen LogP contribution in [0.5, 0.6) is 0 Å². The largest absolute Gasteiger partial charge is 0.458 e. The number of β-amino-alcohol motifs (C(OH)–C–C–N with tert-alkyl or cyclic N) is 1. The lowest BCUT2D eigenvalue weighted by Crippen LogP contribution is -2.67. The summed E-state index contributed by atoms with van der Waals surface area (Å²) < 4.78 is 5.21. The lowest BCUT2D eigenvalue weighted by atomic mass is 9.42. The molecule has 2 aliphatic heterocycles. The molecule has 6 rings (SSSR count). The third-order valence-corrected chi connectivity index (χ3v) is 11.8. The van der Waals surface area contributed by atoms with Crippen LogP contribution in [0.3, 0.4) is 0 Å². The minimum atomic E-state index is -0.892. The van der Waals surface area contributed by atoms with Gasteiger partial charge in [0.05, 0.1) is 17.8 Å². The molecule has 6 nitrogen and oxygen atoms in total. The fourth-order valence-electron chi connectivity index (χ4n) is 9.80. The van der Waals surface area contributed by atoms with Gasteiger partial charge in [-0.15, -0.1) is 0 Å². The Balaban J connectivity index is 1.26. The van der Waals surface area contributed by atoms with Crippen LogP contribution in [-0.4, -0.2) is 69.7 Å². The molecule has 5 fully saturated rings. The van der Waals surface area contributed by atoms with Crippen LogP contribution in [0.25, 0.3) is 0 Å². The monoisotopic (exact) mass is 459 g/mol. The highest BCUT2D eigenvalue weighted by molar-refractivity contribution is 5.85. The topological polar surface area (TPSA) is 90.2 Å². The van der Waals surface area contributed by atoms with E-state index < -0.39 is 17.1 Å². The normalized spacial score (nSPS) is 54.4. The van der Waals surface area contributed by atoms with E-state index in [0.717, 1.165) is 63.6 Å². The third kappa shape index (κ3) is 3.03. The molecule has 0 aromatic rings. The fourth-order valence-corrected chi connectivity index (χ4v) is 9.80. The minimum absolute atomic E-state index is 0.00719. The zero-order chi connectivity index (χ0) is 23.2. The molecule has 33 heavy (non-hydrogen) atoms. The number of carbonyl (C=O) groups is 1. The van der Waals surface area contributed by atoms with Crippen LogP contribution in [0.1, 0.15) is 71.6 Å². The predicted octanol–water partition coefficient (Wildman–Crippen LogP) is 2.65. The predicted molar refractivity (Wildman–Crippen MR) is 123 cm³/mol. The van der Waals surface area contributed by atoms with Gasteiger partial charge in [-0.25, -0.2) is 4.79 Å². The number of aliphatic hydroxyl groups excluding tert-OH is 2. The fraction of sp³-hybridized carbons (Fsp3) is 0.889. The van der Waals surface area contributed by atoms with Crippen molar-refractivity contribution in [2.45, 2.75) is 95.5 Å². The Morgan fingerprint density at radius 1 is 1.03 bits per heavy atom. The lowest BCUT2D eigenvalue weighted by molar-refractivity contribution is -0.244. The van der Waals surface area contributed by atoms with Crippen LogP contribution in [0.4, 0.5) is 0 Å². The van der Waals surface area contributed by atoms with Crippen molar-refractivity contribution >= 4 is 5.97 Å². The molecular formula is C27H41NO5. The molecule has 0 amide bonds. The maximum absolute atomic E-state index is 12.3. The number of aliphatic hydroxyl groups is 3. The number of hydrogen-bond donors (Lipinski definition) is 3. The number of esters is 1. The molecule has 6 aliphatic rings. The summed E-state index contributed by atoms with van der Waals surface area (Å²) in [7, 11) is 0. The van der Waals surface area contributed by atoms with E-state index in [9.17, 15) is 20.1 Å². The summed E-state index contributed by atoms with van der Waals surface area (Å²) in [5.41, 5.74) is -0.403. The highest BCUT2D eigenvalue weighted by Gasteiger charge is 2.70. The number of rotatable bonds is 2. The van der Waals surface area contributed by atoms with Crippen molar-refractivity contribution in [1.29, 1.82) is 0 Å². The summed E-state index contributed by atoms with van der Waals surface area (Å²) in [5.74, 6) is 0.885. The number of cyclic esters (lactones) is 1. The average Bonchev–Trinajstić information content (AvgIpc) is 3.47. The second-order valence-corrected chi connectivity index (χ2v) is 12.7. The third-order valence-electron chi connectivity index (χ3n) is 11.8. The first-order valence-electron chi connectivity index (χ1n) is 13.4. The summed E-state index contributed by atoms with van der Waals surface area (Å²) >= 11 is 0.